The van der Waals surface area contributed by atoms with Crippen LogP contribution in [-0.2, 0) is 27.5 Å². The van der Waals surface area contributed by atoms with Gasteiger partial charge in [-0.3, -0.25) is 9.59 Å². The van der Waals surface area contributed by atoms with Crippen molar-refractivity contribution in [3.63, 3.8) is 0 Å². The Labute approximate surface area is 267 Å². The normalized spacial score (nSPS) is 20.8. The fourth-order valence-electron chi connectivity index (χ4n) is 6.36. The number of benzene rings is 3. The van der Waals surface area contributed by atoms with Crippen molar-refractivity contribution in [2.75, 3.05) is 29.9 Å². The Morgan fingerprint density at radius 1 is 1.11 bits per heavy atom. The zero-order valence-electron chi connectivity index (χ0n) is 25.4. The molecule has 4 atom stereocenters. The van der Waals surface area contributed by atoms with Crippen LogP contribution in [0.25, 0.3) is 11.0 Å². The Morgan fingerprint density at radius 2 is 1.83 bits per heavy atom. The van der Waals surface area contributed by atoms with E-state index in [4.69, 9.17) is 14.6 Å². The van der Waals surface area contributed by atoms with Gasteiger partial charge in [0.25, 0.3) is 6.47 Å². The summed E-state index contributed by atoms with van der Waals surface area (Å²) in [6.07, 6.45) is -3.24. The molecule has 0 radical (unpaired) electrons. The van der Waals surface area contributed by atoms with E-state index >= 15 is 0 Å². The predicted octanol–water partition coefficient (Wildman–Crippen LogP) is 7.28. The van der Waals surface area contributed by atoms with Gasteiger partial charge in [-0.2, -0.15) is 13.2 Å². The highest BCUT2D eigenvalue weighted by Crippen LogP contribution is 2.47. The van der Waals surface area contributed by atoms with E-state index in [1.165, 1.54) is 0 Å². The van der Waals surface area contributed by atoms with Crippen LogP contribution in [0.5, 0.6) is 0 Å². The summed E-state index contributed by atoms with van der Waals surface area (Å²) in [7, 11) is 4.01. The Balaban J connectivity index is 0.00000134. The molecule has 1 aromatic heterocycles. The van der Waals surface area contributed by atoms with Gasteiger partial charge in [0, 0.05) is 37.2 Å². The molecule has 2 fully saturated rings. The van der Waals surface area contributed by atoms with Crippen molar-refractivity contribution in [1.29, 1.82) is 0 Å². The number of carbonyl (C=O) groups excluding carboxylic acids is 1. The number of aryl methyl sites for hydroxylation is 2. The van der Waals surface area contributed by atoms with Gasteiger partial charge in [-0.1, -0.05) is 12.1 Å². The lowest BCUT2D eigenvalue weighted by molar-refractivity contribution is -0.137. The largest absolute Gasteiger partial charge is 0.483 e. The lowest BCUT2D eigenvalue weighted by Crippen LogP contribution is -2.38. The number of alkyl halides is 3. The first-order chi connectivity index (χ1) is 21.9. The van der Waals surface area contributed by atoms with E-state index in [9.17, 15) is 22.4 Å². The first kappa shape index (κ1) is 33.3. The molecular weight excluding hydrogens is 624 g/mol. The number of anilines is 2. The summed E-state index contributed by atoms with van der Waals surface area (Å²) in [5.74, 6) is -0.732. The molecule has 1 saturated carbocycles. The molecular formula is C33H34F4N4O4S. The molecule has 1 saturated heterocycles. The van der Waals surface area contributed by atoms with Gasteiger partial charge >= 0.3 is 6.18 Å². The summed E-state index contributed by atoms with van der Waals surface area (Å²) < 4.78 is 63.3. The third-order valence-electron chi connectivity index (χ3n) is 8.83. The minimum Gasteiger partial charge on any atom is -0.483 e. The van der Waals surface area contributed by atoms with Crippen LogP contribution in [0.4, 0.5) is 28.9 Å². The van der Waals surface area contributed by atoms with Crippen LogP contribution in [0.2, 0.25) is 0 Å². The number of nitrogens with one attached hydrogen (secondary N) is 1. The number of halogens is 4. The molecule has 1 aliphatic heterocycles. The number of carboxylic acid groups (broad SMARTS) is 1. The Hall–Kier alpha value is -4.10. The summed E-state index contributed by atoms with van der Waals surface area (Å²) in [6.45, 7) is 2.73. The topological polar surface area (TPSA) is 96.7 Å². The molecule has 244 valence electrons. The SMILES string of the molecule is Cc1nc2cc(SN(C)c3ccc(C4CC5COCC5C(C(=O)Nc5ccc(C(F)(F)F)cc5F)C4)cc3)ccc2n1C.O=CO. The van der Waals surface area contributed by atoms with Gasteiger partial charge in [-0.05, 0) is 104 Å². The molecule has 2 N–H and O–H groups in total. The van der Waals surface area contributed by atoms with Crippen LogP contribution in [-0.4, -0.2) is 47.3 Å². The van der Waals surface area contributed by atoms with Crippen molar-refractivity contribution in [2.24, 2.45) is 24.8 Å². The predicted molar refractivity (Wildman–Crippen MR) is 168 cm³/mol. The van der Waals surface area contributed by atoms with Crippen LogP contribution in [0.3, 0.4) is 0 Å². The molecule has 13 heteroatoms. The number of carbonyl (C=O) groups is 2. The molecule has 6 rings (SSSR count). The van der Waals surface area contributed by atoms with Crippen molar-refractivity contribution in [3.8, 4) is 0 Å². The highest BCUT2D eigenvalue weighted by Gasteiger charge is 2.45. The van der Waals surface area contributed by atoms with E-state index in [1.807, 2.05) is 21.0 Å². The number of hydrogen-bond donors (Lipinski definition) is 2. The van der Waals surface area contributed by atoms with Gasteiger partial charge in [0.2, 0.25) is 5.91 Å². The van der Waals surface area contributed by atoms with E-state index in [-0.39, 0.29) is 29.9 Å². The molecule has 4 aromatic rings. The number of ether oxygens (including phenoxy) is 1. The van der Waals surface area contributed by atoms with E-state index in [0.717, 1.165) is 51.6 Å². The Kier molecular flexibility index (Phi) is 9.92. The average molecular weight is 659 g/mol. The summed E-state index contributed by atoms with van der Waals surface area (Å²) in [6, 6.07) is 16.7. The highest BCUT2D eigenvalue weighted by molar-refractivity contribution is 8.00. The number of nitrogens with zero attached hydrogens (tertiary/aromatic N) is 3. The molecule has 2 aliphatic rings. The number of rotatable bonds is 6. The number of hydrogen-bond acceptors (Lipinski definition) is 6. The zero-order valence-corrected chi connectivity index (χ0v) is 26.2. The Bertz CT molecular complexity index is 1710. The van der Waals surface area contributed by atoms with E-state index in [1.54, 1.807) is 11.9 Å². The van der Waals surface area contributed by atoms with Crippen LogP contribution in [0, 0.1) is 30.5 Å². The minimum absolute atomic E-state index is 0.0178. The third-order valence-corrected chi connectivity index (χ3v) is 9.78. The van der Waals surface area contributed by atoms with Crippen molar-refractivity contribution < 1.29 is 37.0 Å². The van der Waals surface area contributed by atoms with Crippen molar-refractivity contribution in [3.05, 3.63) is 83.4 Å². The number of imidazole rings is 1. The minimum atomic E-state index is -4.66. The highest BCUT2D eigenvalue weighted by atomic mass is 32.2. The van der Waals surface area contributed by atoms with E-state index in [0.29, 0.717) is 25.7 Å². The van der Waals surface area contributed by atoms with Gasteiger partial charge < -0.3 is 24.0 Å². The molecule has 2 heterocycles. The smallest absolute Gasteiger partial charge is 0.416 e. The maximum atomic E-state index is 14.5. The fraction of sp³-hybridized carbons (Fsp3) is 0.364. The van der Waals surface area contributed by atoms with Crippen molar-refractivity contribution in [1.82, 2.24) is 9.55 Å². The maximum absolute atomic E-state index is 14.5. The quantitative estimate of drug-likeness (QED) is 0.128. The van der Waals surface area contributed by atoms with Gasteiger partial charge in [0.05, 0.1) is 28.9 Å². The van der Waals surface area contributed by atoms with Gasteiger partial charge in [-0.15, -0.1) is 0 Å². The summed E-state index contributed by atoms with van der Waals surface area (Å²) in [4.78, 5) is 27.4. The van der Waals surface area contributed by atoms with E-state index < -0.39 is 29.4 Å². The standard InChI is InChI=1S/C32H32F4N4O2S.CH2O2/c1-18-37-29-15-24(9-11-30(29)39(18)2)43-40(3)23-7-4-19(5-8-23)20-12-21-16-42-17-26(21)25(13-20)31(41)38-28-10-6-22(14-27(28)33)32(34,35)36;2-1-3/h4-11,14-15,20-21,25-26H,12-13,16-17H2,1-3H3,(H,38,41);1H,(H,2,3). The average Bonchev–Trinajstić information content (AvgIpc) is 3.61. The molecule has 3 aromatic carbocycles. The molecule has 46 heavy (non-hydrogen) atoms. The number of aromatic nitrogens is 2. The molecule has 4 unspecified atom stereocenters. The summed E-state index contributed by atoms with van der Waals surface area (Å²) in [5, 5.41) is 9.44. The number of amides is 1. The fourth-order valence-corrected chi connectivity index (χ4v) is 7.20. The zero-order chi connectivity index (χ0) is 33.2. The number of fused-ring (bicyclic) bond motifs is 2. The van der Waals surface area contributed by atoms with Crippen LogP contribution in [0.1, 0.15) is 35.7 Å². The Morgan fingerprint density at radius 3 is 2.50 bits per heavy atom. The second-order valence-electron chi connectivity index (χ2n) is 11.6. The van der Waals surface area contributed by atoms with Crippen LogP contribution in [0.15, 0.2) is 65.6 Å². The lowest BCUT2D eigenvalue weighted by atomic mass is 9.67. The maximum Gasteiger partial charge on any atom is 0.416 e. The first-order valence-corrected chi connectivity index (χ1v) is 15.4. The van der Waals surface area contributed by atoms with Crippen molar-refractivity contribution >= 4 is 46.7 Å². The lowest BCUT2D eigenvalue weighted by Gasteiger charge is -2.37. The molecule has 0 bridgehead atoms. The molecule has 1 amide bonds. The molecule has 0 spiro atoms. The van der Waals surface area contributed by atoms with Crippen LogP contribution < -0.4 is 9.62 Å². The van der Waals surface area contributed by atoms with Gasteiger partial charge in [0.1, 0.15) is 11.6 Å². The summed E-state index contributed by atoms with van der Waals surface area (Å²) in [5.41, 5.74) is 2.83. The first-order valence-electron chi connectivity index (χ1n) is 14.7. The van der Waals surface area contributed by atoms with Crippen molar-refractivity contribution in [2.45, 2.75) is 36.8 Å². The van der Waals surface area contributed by atoms with E-state index in [2.05, 4.69) is 61.6 Å². The van der Waals surface area contributed by atoms with Gasteiger partial charge in [-0.25, -0.2) is 9.37 Å². The molecule has 1 aliphatic carbocycles. The second-order valence-corrected chi connectivity index (χ2v) is 12.8. The second kappa shape index (κ2) is 13.7. The van der Waals surface area contributed by atoms with Gasteiger partial charge in [0.15, 0.2) is 0 Å². The molecule has 8 nitrogen and oxygen atoms in total. The monoisotopic (exact) mass is 658 g/mol. The third kappa shape index (κ3) is 7.15. The van der Waals surface area contributed by atoms with Crippen LogP contribution >= 0.6 is 11.9 Å². The summed E-state index contributed by atoms with van der Waals surface area (Å²) >= 11 is 1.61.